The largest absolute Gasteiger partial charge is 0.510 e. The van der Waals surface area contributed by atoms with E-state index in [1.54, 1.807) is 13.8 Å². The molecule has 74 valence electrons. The summed E-state index contributed by atoms with van der Waals surface area (Å²) in [5.41, 5.74) is -0.413. The van der Waals surface area contributed by atoms with Gasteiger partial charge < -0.3 is 10.0 Å². The van der Waals surface area contributed by atoms with Crippen LogP contribution in [0, 0.1) is 4.91 Å². The van der Waals surface area contributed by atoms with Crippen LogP contribution in [0.25, 0.3) is 0 Å². The quantitative estimate of drug-likeness (QED) is 0.410. The van der Waals surface area contributed by atoms with Gasteiger partial charge in [-0.15, -0.1) is 4.91 Å². The van der Waals surface area contributed by atoms with Crippen LogP contribution in [0.4, 0.5) is 0 Å². The van der Waals surface area contributed by atoms with Crippen LogP contribution < -0.4 is 0 Å². The number of carbonyl (C=O) groups is 1. The molecule has 0 aliphatic carbocycles. The summed E-state index contributed by atoms with van der Waals surface area (Å²) in [6.45, 7) is 5.81. The number of carbonyl (C=O) groups excluding carboxylic acids is 1. The third kappa shape index (κ3) is 2.85. The summed E-state index contributed by atoms with van der Waals surface area (Å²) >= 11 is 0. The van der Waals surface area contributed by atoms with Crippen molar-refractivity contribution in [1.82, 2.24) is 4.90 Å². The minimum atomic E-state index is -0.528. The normalized spacial score (nSPS) is 11.9. The summed E-state index contributed by atoms with van der Waals surface area (Å²) in [4.78, 5) is 23.0. The number of aliphatic hydroxyl groups is 1. The molecule has 13 heavy (non-hydrogen) atoms. The van der Waals surface area contributed by atoms with Gasteiger partial charge in [0.05, 0.1) is 0 Å². The Hall–Kier alpha value is -1.39. The summed E-state index contributed by atoms with van der Waals surface area (Å²) in [6, 6.07) is 0. The predicted molar refractivity (Wildman–Crippen MR) is 49.1 cm³/mol. The van der Waals surface area contributed by atoms with Crippen molar-refractivity contribution in [2.75, 3.05) is 13.1 Å². The van der Waals surface area contributed by atoms with Crippen LogP contribution in [0.1, 0.15) is 20.8 Å². The number of likely N-dealkylation sites (N-methyl/N-ethyl adjacent to an activating group) is 1. The molecule has 0 saturated heterocycles. The number of amides is 1. The second-order valence-electron chi connectivity index (χ2n) is 2.50. The first-order valence-electron chi connectivity index (χ1n) is 4.10. The number of hydrogen-bond donors (Lipinski definition) is 1. The molecule has 0 rings (SSSR count). The van der Waals surface area contributed by atoms with Crippen LogP contribution in [0.2, 0.25) is 0 Å². The third-order valence-electron chi connectivity index (χ3n) is 1.69. The fourth-order valence-electron chi connectivity index (χ4n) is 0.920. The molecule has 0 radical (unpaired) electrons. The first-order valence-corrected chi connectivity index (χ1v) is 4.10. The maximum atomic E-state index is 11.4. The predicted octanol–water partition coefficient (Wildman–Crippen LogP) is 1.41. The van der Waals surface area contributed by atoms with Gasteiger partial charge in [0.15, 0.2) is 0 Å². The molecule has 0 aromatic rings. The van der Waals surface area contributed by atoms with E-state index in [4.69, 9.17) is 5.11 Å². The van der Waals surface area contributed by atoms with Crippen LogP contribution in [-0.2, 0) is 4.79 Å². The Morgan fingerprint density at radius 1 is 1.38 bits per heavy atom. The van der Waals surface area contributed by atoms with Crippen molar-refractivity contribution in [1.29, 1.82) is 0 Å². The van der Waals surface area contributed by atoms with E-state index in [9.17, 15) is 9.70 Å². The van der Waals surface area contributed by atoms with E-state index in [1.807, 2.05) is 0 Å². The summed E-state index contributed by atoms with van der Waals surface area (Å²) in [5.74, 6) is -0.869. The molecule has 1 N–H and O–H groups in total. The van der Waals surface area contributed by atoms with E-state index in [0.29, 0.717) is 13.1 Å². The van der Waals surface area contributed by atoms with Gasteiger partial charge in [0, 0.05) is 13.1 Å². The van der Waals surface area contributed by atoms with E-state index >= 15 is 0 Å². The molecule has 1 amide bonds. The van der Waals surface area contributed by atoms with Gasteiger partial charge in [-0.25, -0.2) is 0 Å². The summed E-state index contributed by atoms with van der Waals surface area (Å²) in [7, 11) is 0. The van der Waals surface area contributed by atoms with Gasteiger partial charge in [-0.2, -0.15) is 0 Å². The van der Waals surface area contributed by atoms with Gasteiger partial charge in [0.1, 0.15) is 5.76 Å². The summed E-state index contributed by atoms with van der Waals surface area (Å²) in [6.07, 6.45) is 0. The molecule has 0 aliphatic rings. The van der Waals surface area contributed by atoms with Crippen molar-refractivity contribution >= 4 is 5.91 Å². The topological polar surface area (TPSA) is 70.0 Å². The van der Waals surface area contributed by atoms with Gasteiger partial charge in [0.25, 0.3) is 5.91 Å². The molecule has 0 heterocycles. The lowest BCUT2D eigenvalue weighted by Crippen LogP contribution is -2.31. The van der Waals surface area contributed by atoms with E-state index < -0.39 is 11.6 Å². The number of nitrogens with zero attached hydrogens (tertiary/aromatic N) is 2. The molecule has 0 saturated carbocycles. The van der Waals surface area contributed by atoms with Gasteiger partial charge >= 0.3 is 0 Å². The van der Waals surface area contributed by atoms with Crippen molar-refractivity contribution in [3.05, 3.63) is 16.4 Å². The smallest absolute Gasteiger partial charge is 0.279 e. The molecule has 0 unspecified atom stereocenters. The van der Waals surface area contributed by atoms with Crippen molar-refractivity contribution in [3.8, 4) is 0 Å². The first-order chi connectivity index (χ1) is 6.08. The zero-order chi connectivity index (χ0) is 10.4. The van der Waals surface area contributed by atoms with Crippen LogP contribution in [-0.4, -0.2) is 29.0 Å². The molecule has 0 bridgehead atoms. The molecule has 0 atom stereocenters. The zero-order valence-electron chi connectivity index (χ0n) is 8.07. The van der Waals surface area contributed by atoms with E-state index in [-0.39, 0.29) is 5.76 Å². The minimum absolute atomic E-state index is 0.341. The molecule has 0 spiro atoms. The van der Waals surface area contributed by atoms with Crippen LogP contribution >= 0.6 is 0 Å². The first kappa shape index (κ1) is 11.6. The minimum Gasteiger partial charge on any atom is -0.510 e. The third-order valence-corrected chi connectivity index (χ3v) is 1.69. The Morgan fingerprint density at radius 3 is 2.08 bits per heavy atom. The maximum absolute atomic E-state index is 11.4. The van der Waals surface area contributed by atoms with Gasteiger partial charge in [-0.1, -0.05) is 0 Å². The second-order valence-corrected chi connectivity index (χ2v) is 2.50. The van der Waals surface area contributed by atoms with Gasteiger partial charge in [-0.3, -0.25) is 4.79 Å². The average molecular weight is 186 g/mol. The number of aliphatic hydroxyl groups excluding tert-OH is 1. The van der Waals surface area contributed by atoms with Crippen molar-refractivity contribution in [2.45, 2.75) is 20.8 Å². The molecular weight excluding hydrogens is 172 g/mol. The van der Waals surface area contributed by atoms with Crippen molar-refractivity contribution < 1.29 is 9.90 Å². The Balaban J connectivity index is 4.75. The Morgan fingerprint density at radius 2 is 1.85 bits per heavy atom. The van der Waals surface area contributed by atoms with Crippen molar-refractivity contribution in [2.24, 2.45) is 5.18 Å². The van der Waals surface area contributed by atoms with E-state index in [2.05, 4.69) is 5.18 Å². The lowest BCUT2D eigenvalue weighted by molar-refractivity contribution is -0.127. The van der Waals surface area contributed by atoms with Crippen molar-refractivity contribution in [3.63, 3.8) is 0 Å². The Kier molecular flexibility index (Phi) is 4.72. The highest BCUT2D eigenvalue weighted by Crippen LogP contribution is 2.07. The highest BCUT2D eigenvalue weighted by molar-refractivity contribution is 5.93. The number of nitroso groups, excluding NO2 is 1. The summed E-state index contributed by atoms with van der Waals surface area (Å²) < 4.78 is 0. The molecule has 0 fully saturated rings. The van der Waals surface area contributed by atoms with Gasteiger partial charge in [0.2, 0.25) is 5.70 Å². The lowest BCUT2D eigenvalue weighted by atomic mass is 10.3. The second kappa shape index (κ2) is 5.29. The fourth-order valence-corrected chi connectivity index (χ4v) is 0.920. The van der Waals surface area contributed by atoms with Crippen LogP contribution in [0.5, 0.6) is 0 Å². The molecule has 0 aromatic heterocycles. The highest BCUT2D eigenvalue weighted by atomic mass is 16.3. The molecule has 0 aromatic carbocycles. The van der Waals surface area contributed by atoms with Crippen LogP contribution in [0.3, 0.4) is 0 Å². The molecular formula is C8H14N2O3. The monoisotopic (exact) mass is 186 g/mol. The standard InChI is InChI=1S/C8H14N2O3/c1-4-10(5-2)8(12)7(9-13)6(3)11/h11H,4-5H2,1-3H3/b7-6+. The maximum Gasteiger partial charge on any atom is 0.279 e. The fraction of sp³-hybridized carbons (Fsp3) is 0.625. The van der Waals surface area contributed by atoms with Crippen LogP contribution in [0.15, 0.2) is 16.6 Å². The molecule has 5 heteroatoms. The molecule has 0 aliphatic heterocycles. The average Bonchev–Trinajstić information content (AvgIpc) is 2.07. The number of rotatable bonds is 4. The zero-order valence-corrected chi connectivity index (χ0v) is 8.07. The Bertz CT molecular complexity index is 228. The van der Waals surface area contributed by atoms with Gasteiger partial charge in [-0.05, 0) is 25.9 Å². The SMILES string of the molecule is CCN(CC)C(=O)/C(N=O)=C(/C)O. The number of allylic oxidation sites excluding steroid dienone is 1. The number of hydrogen-bond acceptors (Lipinski definition) is 4. The van der Waals surface area contributed by atoms with E-state index in [0.717, 1.165) is 0 Å². The van der Waals surface area contributed by atoms with E-state index in [1.165, 1.54) is 11.8 Å². The molecule has 5 nitrogen and oxygen atoms in total. The highest BCUT2D eigenvalue weighted by Gasteiger charge is 2.18. The Labute approximate surface area is 77.0 Å². The lowest BCUT2D eigenvalue weighted by Gasteiger charge is -2.17. The summed E-state index contributed by atoms with van der Waals surface area (Å²) in [5, 5.41) is 11.5.